The number of rotatable bonds is 6. The minimum Gasteiger partial charge on any atom is -0.369 e. The number of benzene rings is 6. The molecule has 0 saturated carbocycles. The summed E-state index contributed by atoms with van der Waals surface area (Å²) in [7, 11) is -3.39. The highest BCUT2D eigenvalue weighted by Gasteiger charge is 2.71. The molecular formula is C38H30O2Si. The molecule has 0 radical (unpaired) electrons. The Kier molecular flexibility index (Phi) is 6.48. The quantitative estimate of drug-likeness (QED) is 0.206. The van der Waals surface area contributed by atoms with Crippen LogP contribution in [-0.2, 0) is 20.1 Å². The standard InChI is InChI=1S/C38H30O2Si/c1-7-19-31(20-8-1)37(32-21-9-2-10-22-32)38(33-23-11-3-12-24-33,34-25-13-4-14-26-34)40-41(39-37,35-27-15-5-16-28-35)36-29-17-6-18-30-36/h1-30H. The van der Waals surface area contributed by atoms with E-state index in [1.54, 1.807) is 0 Å². The van der Waals surface area contributed by atoms with Gasteiger partial charge in [0, 0.05) is 0 Å². The third-order valence-electron chi connectivity index (χ3n) is 8.12. The highest BCUT2D eigenvalue weighted by atomic mass is 28.4. The molecule has 0 spiro atoms. The van der Waals surface area contributed by atoms with Crippen molar-refractivity contribution in [2.45, 2.75) is 11.2 Å². The predicted octanol–water partition coefficient (Wildman–Crippen LogP) is 7.18. The third-order valence-corrected chi connectivity index (χ3v) is 11.5. The molecule has 198 valence electrons. The molecule has 1 saturated heterocycles. The zero-order valence-electron chi connectivity index (χ0n) is 22.6. The van der Waals surface area contributed by atoms with Crippen molar-refractivity contribution in [1.29, 1.82) is 0 Å². The Balaban J connectivity index is 1.69. The van der Waals surface area contributed by atoms with Gasteiger partial charge in [-0.15, -0.1) is 0 Å². The first-order valence-corrected chi connectivity index (χ1v) is 15.8. The van der Waals surface area contributed by atoms with Crippen molar-refractivity contribution in [1.82, 2.24) is 0 Å². The van der Waals surface area contributed by atoms with Gasteiger partial charge in [0.25, 0.3) is 0 Å². The summed E-state index contributed by atoms with van der Waals surface area (Å²) in [5.74, 6) is 0. The fourth-order valence-electron chi connectivity index (χ4n) is 6.39. The summed E-state index contributed by atoms with van der Waals surface area (Å²) >= 11 is 0. The maximum absolute atomic E-state index is 7.92. The van der Waals surface area contributed by atoms with Gasteiger partial charge in [0.15, 0.2) is 0 Å². The van der Waals surface area contributed by atoms with E-state index in [1.165, 1.54) is 0 Å². The highest BCUT2D eigenvalue weighted by molar-refractivity contribution is 6.93. The van der Waals surface area contributed by atoms with Crippen LogP contribution in [0.25, 0.3) is 0 Å². The SMILES string of the molecule is c1ccc(C2(c3ccccc3)O[Si](c3ccccc3)(c3ccccc3)OC2(c2ccccc2)c2ccccc2)cc1. The lowest BCUT2D eigenvalue weighted by molar-refractivity contribution is 0.00370. The predicted molar refractivity (Wildman–Crippen MR) is 167 cm³/mol. The summed E-state index contributed by atoms with van der Waals surface area (Å²) in [6, 6.07) is 63.5. The van der Waals surface area contributed by atoms with Crippen LogP contribution in [-0.4, -0.2) is 8.56 Å². The van der Waals surface area contributed by atoms with Crippen LogP contribution >= 0.6 is 0 Å². The van der Waals surface area contributed by atoms with E-state index in [0.29, 0.717) is 0 Å². The molecule has 7 rings (SSSR count). The van der Waals surface area contributed by atoms with Gasteiger partial charge in [0.1, 0.15) is 11.2 Å². The van der Waals surface area contributed by atoms with Crippen molar-refractivity contribution in [3.8, 4) is 0 Å². The van der Waals surface area contributed by atoms with Crippen molar-refractivity contribution >= 4 is 18.9 Å². The van der Waals surface area contributed by atoms with Gasteiger partial charge in [0.05, 0.1) is 0 Å². The lowest BCUT2D eigenvalue weighted by Gasteiger charge is -2.45. The fourth-order valence-corrected chi connectivity index (χ4v) is 10.1. The van der Waals surface area contributed by atoms with Gasteiger partial charge in [-0.2, -0.15) is 0 Å². The van der Waals surface area contributed by atoms with Gasteiger partial charge >= 0.3 is 8.56 Å². The van der Waals surface area contributed by atoms with Crippen LogP contribution in [0.2, 0.25) is 0 Å². The summed E-state index contributed by atoms with van der Waals surface area (Å²) in [4.78, 5) is 0. The second-order valence-corrected chi connectivity index (χ2v) is 13.2. The molecule has 0 unspecified atom stereocenters. The first-order valence-electron chi connectivity index (χ1n) is 14.0. The van der Waals surface area contributed by atoms with Gasteiger partial charge in [-0.1, -0.05) is 182 Å². The molecule has 2 nitrogen and oxygen atoms in total. The smallest absolute Gasteiger partial charge is 0.369 e. The Morgan fingerprint density at radius 2 is 0.512 bits per heavy atom. The van der Waals surface area contributed by atoms with E-state index in [1.807, 2.05) is 0 Å². The molecule has 1 fully saturated rings. The molecule has 0 aromatic heterocycles. The van der Waals surface area contributed by atoms with Crippen molar-refractivity contribution in [3.05, 3.63) is 204 Å². The van der Waals surface area contributed by atoms with Crippen LogP contribution in [0.4, 0.5) is 0 Å². The molecule has 6 aromatic carbocycles. The zero-order valence-corrected chi connectivity index (χ0v) is 23.6. The van der Waals surface area contributed by atoms with E-state index >= 15 is 0 Å². The third kappa shape index (κ3) is 3.93. The first kappa shape index (κ1) is 25.4. The molecule has 1 aliphatic rings. The Morgan fingerprint density at radius 1 is 0.293 bits per heavy atom. The summed E-state index contributed by atoms with van der Waals surface area (Å²) in [6.45, 7) is 0. The van der Waals surface area contributed by atoms with E-state index in [0.717, 1.165) is 32.6 Å². The van der Waals surface area contributed by atoms with Crippen LogP contribution in [0.15, 0.2) is 182 Å². The molecule has 3 heteroatoms. The average molecular weight is 547 g/mol. The van der Waals surface area contributed by atoms with Gasteiger partial charge in [-0.05, 0) is 32.6 Å². The lowest BCUT2D eigenvalue weighted by atomic mass is 9.66. The Labute approximate surface area is 242 Å². The number of hydrogen-bond donors (Lipinski definition) is 0. The molecule has 0 amide bonds. The average Bonchev–Trinajstić information content (AvgIpc) is 3.42. The maximum atomic E-state index is 7.92. The summed E-state index contributed by atoms with van der Waals surface area (Å²) in [5.41, 5.74) is 2.13. The molecule has 1 heterocycles. The number of hydrogen-bond acceptors (Lipinski definition) is 2. The van der Waals surface area contributed by atoms with Crippen molar-refractivity contribution in [2.24, 2.45) is 0 Å². The van der Waals surface area contributed by atoms with E-state index in [2.05, 4.69) is 182 Å². The molecule has 0 N–H and O–H groups in total. The van der Waals surface area contributed by atoms with Crippen LogP contribution < -0.4 is 10.4 Å². The summed E-state index contributed by atoms with van der Waals surface area (Å²) < 4.78 is 15.8. The molecule has 0 atom stereocenters. The Hall–Kier alpha value is -4.54. The first-order chi connectivity index (χ1) is 20.3. The summed E-state index contributed by atoms with van der Waals surface area (Å²) in [5, 5.41) is 2.13. The van der Waals surface area contributed by atoms with Crippen LogP contribution in [0.3, 0.4) is 0 Å². The van der Waals surface area contributed by atoms with Crippen molar-refractivity contribution in [2.75, 3.05) is 0 Å². The molecule has 0 bridgehead atoms. The van der Waals surface area contributed by atoms with Crippen LogP contribution in [0, 0.1) is 0 Å². The Bertz CT molecular complexity index is 1500. The normalized spacial score (nSPS) is 16.7. The Morgan fingerprint density at radius 3 is 0.756 bits per heavy atom. The van der Waals surface area contributed by atoms with Crippen LogP contribution in [0.5, 0.6) is 0 Å². The lowest BCUT2D eigenvalue weighted by Crippen LogP contribution is -2.61. The fraction of sp³-hybridized carbons (Fsp3) is 0.0526. The van der Waals surface area contributed by atoms with E-state index in [-0.39, 0.29) is 0 Å². The summed E-state index contributed by atoms with van der Waals surface area (Å²) in [6.07, 6.45) is 0. The minimum absolute atomic E-state index is 1.02. The topological polar surface area (TPSA) is 18.5 Å². The second-order valence-electron chi connectivity index (χ2n) is 10.4. The largest absolute Gasteiger partial charge is 0.409 e. The monoisotopic (exact) mass is 546 g/mol. The maximum Gasteiger partial charge on any atom is 0.409 e. The van der Waals surface area contributed by atoms with Gasteiger partial charge in [-0.3, -0.25) is 0 Å². The molecule has 6 aromatic rings. The van der Waals surface area contributed by atoms with E-state index in [4.69, 9.17) is 8.85 Å². The highest BCUT2D eigenvalue weighted by Crippen LogP contribution is 2.60. The van der Waals surface area contributed by atoms with Crippen LogP contribution in [0.1, 0.15) is 22.3 Å². The van der Waals surface area contributed by atoms with Gasteiger partial charge < -0.3 is 8.85 Å². The van der Waals surface area contributed by atoms with Gasteiger partial charge in [-0.25, -0.2) is 0 Å². The van der Waals surface area contributed by atoms with E-state index < -0.39 is 19.8 Å². The zero-order chi connectivity index (χ0) is 27.6. The van der Waals surface area contributed by atoms with Crippen molar-refractivity contribution in [3.63, 3.8) is 0 Å². The molecule has 41 heavy (non-hydrogen) atoms. The second kappa shape index (κ2) is 10.5. The molecule has 0 aliphatic carbocycles. The van der Waals surface area contributed by atoms with Crippen molar-refractivity contribution < 1.29 is 8.85 Å². The molecule has 1 aliphatic heterocycles. The minimum atomic E-state index is -3.39. The van der Waals surface area contributed by atoms with Gasteiger partial charge in [0.2, 0.25) is 0 Å². The van der Waals surface area contributed by atoms with E-state index in [9.17, 15) is 0 Å². The molecular weight excluding hydrogens is 517 g/mol.